The number of unbranched alkanes of at least 4 members (excludes halogenated alkanes) is 2. The maximum atomic E-state index is 8.78. The normalized spacial score (nSPS) is 32.5. The number of ether oxygens (including phenoxy) is 2. The first-order valence-corrected chi connectivity index (χ1v) is 7.29. The molecule has 0 radical (unpaired) electrons. The van der Waals surface area contributed by atoms with Gasteiger partial charge in [0.25, 0.3) is 0 Å². The van der Waals surface area contributed by atoms with Crippen molar-refractivity contribution in [3.63, 3.8) is 0 Å². The largest absolute Gasteiger partial charge is 0.396 e. The van der Waals surface area contributed by atoms with Gasteiger partial charge in [0.2, 0.25) is 0 Å². The van der Waals surface area contributed by atoms with E-state index < -0.39 is 0 Å². The second-order valence-corrected chi connectivity index (χ2v) is 5.75. The maximum Gasteiger partial charge on any atom is 0.0951 e. The SMILES string of the molecule is CN(CCCCCO)C1CCOC2(CCOC2)C1. The zero-order valence-corrected chi connectivity index (χ0v) is 11.6. The summed E-state index contributed by atoms with van der Waals surface area (Å²) in [5.74, 6) is 0. The number of hydrogen-bond acceptors (Lipinski definition) is 4. The van der Waals surface area contributed by atoms with Crippen LogP contribution in [0.3, 0.4) is 0 Å². The Labute approximate surface area is 110 Å². The molecule has 2 rings (SSSR count). The molecule has 1 N–H and O–H groups in total. The number of rotatable bonds is 6. The number of aliphatic hydroxyl groups is 1. The highest BCUT2D eigenvalue weighted by Crippen LogP contribution is 2.34. The molecular weight excluding hydrogens is 230 g/mol. The summed E-state index contributed by atoms with van der Waals surface area (Å²) in [6.07, 6.45) is 6.54. The summed E-state index contributed by atoms with van der Waals surface area (Å²) in [6, 6.07) is 0.634. The van der Waals surface area contributed by atoms with Crippen LogP contribution in [0.4, 0.5) is 0 Å². The Morgan fingerprint density at radius 3 is 2.89 bits per heavy atom. The van der Waals surface area contributed by atoms with E-state index in [1.54, 1.807) is 0 Å². The highest BCUT2D eigenvalue weighted by atomic mass is 16.6. The van der Waals surface area contributed by atoms with Crippen molar-refractivity contribution in [3.05, 3.63) is 0 Å². The molecule has 0 aromatic heterocycles. The van der Waals surface area contributed by atoms with Gasteiger partial charge in [-0.3, -0.25) is 0 Å². The lowest BCUT2D eigenvalue weighted by Gasteiger charge is -2.41. The molecular formula is C14H27NO3. The van der Waals surface area contributed by atoms with Gasteiger partial charge in [-0.2, -0.15) is 0 Å². The first kappa shape index (κ1) is 14.3. The Hall–Kier alpha value is -0.160. The molecule has 0 aromatic carbocycles. The van der Waals surface area contributed by atoms with Crippen molar-refractivity contribution in [2.45, 2.75) is 50.2 Å². The average molecular weight is 257 g/mol. The molecule has 4 nitrogen and oxygen atoms in total. The topological polar surface area (TPSA) is 41.9 Å². The Bertz CT molecular complexity index is 241. The molecule has 2 aliphatic heterocycles. The minimum atomic E-state index is 0.0161. The van der Waals surface area contributed by atoms with Crippen LogP contribution in [0.2, 0.25) is 0 Å². The Morgan fingerprint density at radius 2 is 2.17 bits per heavy atom. The maximum absolute atomic E-state index is 8.78. The molecule has 106 valence electrons. The van der Waals surface area contributed by atoms with E-state index in [9.17, 15) is 0 Å². The molecule has 2 saturated heterocycles. The Balaban J connectivity index is 1.74. The molecule has 0 aromatic rings. The highest BCUT2D eigenvalue weighted by molar-refractivity contribution is 4.93. The van der Waals surface area contributed by atoms with Crippen molar-refractivity contribution in [2.75, 3.05) is 40.0 Å². The molecule has 2 aliphatic rings. The van der Waals surface area contributed by atoms with E-state index in [1.165, 1.54) is 6.42 Å². The van der Waals surface area contributed by atoms with Gasteiger partial charge >= 0.3 is 0 Å². The lowest BCUT2D eigenvalue weighted by atomic mass is 9.89. The van der Waals surface area contributed by atoms with Gasteiger partial charge in [-0.1, -0.05) is 0 Å². The van der Waals surface area contributed by atoms with Gasteiger partial charge < -0.3 is 19.5 Å². The minimum Gasteiger partial charge on any atom is -0.396 e. The summed E-state index contributed by atoms with van der Waals surface area (Å²) >= 11 is 0. The van der Waals surface area contributed by atoms with Crippen molar-refractivity contribution in [2.24, 2.45) is 0 Å². The van der Waals surface area contributed by atoms with Crippen molar-refractivity contribution in [1.29, 1.82) is 0 Å². The van der Waals surface area contributed by atoms with Gasteiger partial charge in [-0.15, -0.1) is 0 Å². The molecule has 0 saturated carbocycles. The van der Waals surface area contributed by atoms with E-state index >= 15 is 0 Å². The molecule has 1 spiro atoms. The highest BCUT2D eigenvalue weighted by Gasteiger charge is 2.41. The monoisotopic (exact) mass is 257 g/mol. The number of hydrogen-bond donors (Lipinski definition) is 1. The van der Waals surface area contributed by atoms with Crippen LogP contribution in [0.5, 0.6) is 0 Å². The summed E-state index contributed by atoms with van der Waals surface area (Å²) in [4.78, 5) is 2.47. The van der Waals surface area contributed by atoms with Crippen LogP contribution >= 0.6 is 0 Å². The lowest BCUT2D eigenvalue weighted by molar-refractivity contribution is -0.103. The second kappa shape index (κ2) is 6.85. The average Bonchev–Trinajstić information content (AvgIpc) is 2.82. The Kier molecular flexibility index (Phi) is 5.42. The third-order valence-corrected chi connectivity index (χ3v) is 4.33. The summed E-state index contributed by atoms with van der Waals surface area (Å²) < 4.78 is 11.5. The third kappa shape index (κ3) is 3.67. The van der Waals surface area contributed by atoms with Gasteiger partial charge in [0.05, 0.1) is 12.2 Å². The molecule has 18 heavy (non-hydrogen) atoms. The molecule has 0 bridgehead atoms. The van der Waals surface area contributed by atoms with Crippen LogP contribution in [0, 0.1) is 0 Å². The molecule has 4 heteroatoms. The predicted molar refractivity (Wildman–Crippen MR) is 70.7 cm³/mol. The summed E-state index contributed by atoms with van der Waals surface area (Å²) in [7, 11) is 2.22. The summed E-state index contributed by atoms with van der Waals surface area (Å²) in [6.45, 7) is 3.95. The minimum absolute atomic E-state index is 0.0161. The van der Waals surface area contributed by atoms with Crippen molar-refractivity contribution < 1.29 is 14.6 Å². The van der Waals surface area contributed by atoms with E-state index in [4.69, 9.17) is 14.6 Å². The number of nitrogens with zero attached hydrogens (tertiary/aromatic N) is 1. The quantitative estimate of drug-likeness (QED) is 0.731. The van der Waals surface area contributed by atoms with E-state index in [0.717, 1.165) is 58.5 Å². The van der Waals surface area contributed by atoms with Crippen LogP contribution in [0.15, 0.2) is 0 Å². The molecule has 2 fully saturated rings. The van der Waals surface area contributed by atoms with Crippen LogP contribution in [0.25, 0.3) is 0 Å². The second-order valence-electron chi connectivity index (χ2n) is 5.75. The molecule has 2 unspecified atom stereocenters. The summed E-state index contributed by atoms with van der Waals surface area (Å²) in [5, 5.41) is 8.78. The van der Waals surface area contributed by atoms with Crippen LogP contribution in [-0.4, -0.2) is 61.7 Å². The predicted octanol–water partition coefficient (Wildman–Crippen LogP) is 1.42. The van der Waals surface area contributed by atoms with E-state index in [0.29, 0.717) is 12.6 Å². The molecule has 2 heterocycles. The van der Waals surface area contributed by atoms with Gasteiger partial charge in [-0.25, -0.2) is 0 Å². The van der Waals surface area contributed by atoms with Gasteiger partial charge in [-0.05, 0) is 45.7 Å². The van der Waals surface area contributed by atoms with Crippen molar-refractivity contribution in [3.8, 4) is 0 Å². The first-order valence-electron chi connectivity index (χ1n) is 7.29. The van der Waals surface area contributed by atoms with Crippen LogP contribution < -0.4 is 0 Å². The zero-order valence-electron chi connectivity index (χ0n) is 11.6. The van der Waals surface area contributed by atoms with Gasteiger partial charge in [0.1, 0.15) is 0 Å². The lowest BCUT2D eigenvalue weighted by Crippen LogP contribution is -2.48. The van der Waals surface area contributed by atoms with Crippen molar-refractivity contribution in [1.82, 2.24) is 4.90 Å². The first-order chi connectivity index (χ1) is 8.76. The fraction of sp³-hybridized carbons (Fsp3) is 1.00. The Morgan fingerprint density at radius 1 is 1.28 bits per heavy atom. The fourth-order valence-corrected chi connectivity index (χ4v) is 3.07. The van der Waals surface area contributed by atoms with E-state index in [1.807, 2.05) is 0 Å². The molecule has 0 amide bonds. The number of aliphatic hydroxyl groups excluding tert-OH is 1. The smallest absolute Gasteiger partial charge is 0.0951 e. The van der Waals surface area contributed by atoms with Crippen LogP contribution in [-0.2, 0) is 9.47 Å². The molecule has 0 aliphatic carbocycles. The standard InChI is InChI=1S/C14H27NO3/c1-15(7-3-2-4-8-16)13-5-9-18-14(11-13)6-10-17-12-14/h13,16H,2-12H2,1H3. The molecule has 2 atom stereocenters. The van der Waals surface area contributed by atoms with Crippen molar-refractivity contribution >= 4 is 0 Å². The fourth-order valence-electron chi connectivity index (χ4n) is 3.07. The van der Waals surface area contributed by atoms with E-state index in [2.05, 4.69) is 11.9 Å². The summed E-state index contributed by atoms with van der Waals surface area (Å²) in [5.41, 5.74) is 0.0161. The van der Waals surface area contributed by atoms with Gasteiger partial charge in [0.15, 0.2) is 0 Å². The third-order valence-electron chi connectivity index (χ3n) is 4.33. The van der Waals surface area contributed by atoms with E-state index in [-0.39, 0.29) is 5.60 Å². The van der Waals surface area contributed by atoms with Gasteiger partial charge in [0, 0.05) is 32.3 Å². The zero-order chi connectivity index (χ0) is 12.8. The van der Waals surface area contributed by atoms with Crippen LogP contribution in [0.1, 0.15) is 38.5 Å².